The highest BCUT2D eigenvalue weighted by Gasteiger charge is 2.53. The monoisotopic (exact) mass is 1020 g/mol. The van der Waals surface area contributed by atoms with Crippen molar-refractivity contribution in [3.05, 3.63) is 47.6 Å². The minimum absolute atomic E-state index is 0.0247. The Balaban J connectivity index is 1.68. The van der Waals surface area contributed by atoms with E-state index >= 15 is 0 Å². The standard InChI is InChI=1S/C55H85NO16/c1-32-16-12-11-13-17-33(2)42(59)28-40-21-19-38(7)55(67,72-40)50(63)51(64)56-23-15-14-18-41(56)52(65)70-45(29-43(60)34(3)25-37(6)48(62)49(69-10)47(61)36(5)24-32)35(4)26-39-20-22-44(46(27-39)68-9)71-53(66)54(8,30-57)31-58/h11-13,16-17,25,32,34-36,38-42,44-46,48-49,57-59,62,67H,14-15,18-24,26-31H2,1-10H3/b13-11+,16-12+,33-17+,37-25+/t32-,34-,35?,36-,38-,39+,40?,41+,42?,44-,45?,46-,48-,49?,55-/m1/s1. The molecular weight excluding hydrogens is 931 g/mol. The average Bonchev–Trinajstić information content (AvgIpc) is 3.36. The second kappa shape index (κ2) is 27.6. The van der Waals surface area contributed by atoms with E-state index in [0.717, 1.165) is 4.90 Å². The van der Waals surface area contributed by atoms with E-state index in [2.05, 4.69) is 0 Å². The van der Waals surface area contributed by atoms with Gasteiger partial charge in [-0.2, -0.15) is 0 Å². The van der Waals surface area contributed by atoms with E-state index in [-0.39, 0.29) is 49.2 Å². The first-order chi connectivity index (χ1) is 33.9. The van der Waals surface area contributed by atoms with Gasteiger partial charge < -0.3 is 54.1 Å². The number of piperidine rings is 1. The third-order valence-electron chi connectivity index (χ3n) is 15.6. The van der Waals surface area contributed by atoms with Gasteiger partial charge in [-0.25, -0.2) is 4.79 Å². The van der Waals surface area contributed by atoms with Gasteiger partial charge in [0.15, 0.2) is 5.78 Å². The number of hydrogen-bond donors (Lipinski definition) is 5. The van der Waals surface area contributed by atoms with Crippen molar-refractivity contribution in [1.29, 1.82) is 0 Å². The van der Waals surface area contributed by atoms with Crippen molar-refractivity contribution in [1.82, 2.24) is 4.90 Å². The van der Waals surface area contributed by atoms with E-state index < -0.39 is 120 Å². The predicted octanol–water partition coefficient (Wildman–Crippen LogP) is 5.07. The van der Waals surface area contributed by atoms with Crippen LogP contribution in [-0.4, -0.2) is 154 Å². The number of methoxy groups -OCH3 is 2. The maximum Gasteiger partial charge on any atom is 0.329 e. The Hall–Kier alpha value is -3.94. The van der Waals surface area contributed by atoms with Gasteiger partial charge in [0.1, 0.15) is 41.7 Å². The fourth-order valence-electron chi connectivity index (χ4n) is 10.4. The Morgan fingerprint density at radius 1 is 0.875 bits per heavy atom. The number of aliphatic hydroxyl groups is 5. The zero-order valence-corrected chi connectivity index (χ0v) is 44.3. The molecule has 4 aliphatic rings. The number of amides is 1. The first-order valence-electron chi connectivity index (χ1n) is 26.0. The highest BCUT2D eigenvalue weighted by molar-refractivity contribution is 6.39. The lowest BCUT2D eigenvalue weighted by Crippen LogP contribution is -2.61. The lowest BCUT2D eigenvalue weighted by Gasteiger charge is -2.42. The number of ketones is 3. The van der Waals surface area contributed by atoms with Gasteiger partial charge >= 0.3 is 11.9 Å². The number of esters is 2. The lowest BCUT2D eigenvalue weighted by molar-refractivity contribution is -0.265. The van der Waals surface area contributed by atoms with Gasteiger partial charge in [0.25, 0.3) is 11.7 Å². The summed E-state index contributed by atoms with van der Waals surface area (Å²) in [7, 11) is 2.85. The van der Waals surface area contributed by atoms with E-state index in [1.54, 1.807) is 58.9 Å². The number of ether oxygens (including phenoxy) is 5. The summed E-state index contributed by atoms with van der Waals surface area (Å²) in [5.41, 5.74) is -0.548. The van der Waals surface area contributed by atoms with Crippen molar-refractivity contribution in [2.24, 2.45) is 40.9 Å². The molecule has 1 saturated carbocycles. The van der Waals surface area contributed by atoms with E-state index in [0.29, 0.717) is 68.9 Å². The average molecular weight is 1020 g/mol. The molecule has 15 atom stereocenters. The molecule has 3 heterocycles. The number of rotatable bonds is 9. The van der Waals surface area contributed by atoms with E-state index in [9.17, 15) is 54.3 Å². The number of carbonyl (C=O) groups excluding carboxylic acids is 6. The van der Waals surface area contributed by atoms with Gasteiger partial charge in [0.05, 0.1) is 31.5 Å². The minimum atomic E-state index is -2.52. The van der Waals surface area contributed by atoms with E-state index in [1.807, 2.05) is 26.0 Å². The number of fused-ring (bicyclic) bond motifs is 3. The molecule has 0 spiro atoms. The SMILES string of the molecule is COC1C(=O)[C@H](C)C[C@H](C)/C=C/C=C/C=C(\C)C(O)CC2CC[C@@H](C)[C@@](O)(O2)C(=O)C(=O)N2CCCC[C@H]2C(=O)OC(C(C)C[C@@H]2CC[C@@H](OC(=O)C(C)(CO)CO)[C@H](OC)C2)CC(=O)[C@H](C)/C=C(\C)[C@H]1O. The molecule has 406 valence electrons. The van der Waals surface area contributed by atoms with Crippen molar-refractivity contribution in [2.45, 2.75) is 187 Å². The molecule has 4 rings (SSSR count). The fraction of sp³-hybridized carbons (Fsp3) is 0.745. The molecule has 17 heteroatoms. The smallest absolute Gasteiger partial charge is 0.329 e. The maximum absolute atomic E-state index is 14.5. The summed E-state index contributed by atoms with van der Waals surface area (Å²) >= 11 is 0. The number of cyclic esters (lactones) is 1. The number of carbonyl (C=O) groups is 6. The molecule has 1 amide bonds. The number of aliphatic hydroxyl groups excluding tert-OH is 4. The number of nitrogens with zero attached hydrogens (tertiary/aromatic N) is 1. The molecule has 17 nitrogen and oxygen atoms in total. The summed E-state index contributed by atoms with van der Waals surface area (Å²) in [6.45, 7) is 12.4. The van der Waals surface area contributed by atoms with Crippen LogP contribution in [-0.2, 0) is 52.5 Å². The molecule has 5 N–H and O–H groups in total. The van der Waals surface area contributed by atoms with Gasteiger partial charge in [-0.15, -0.1) is 0 Å². The molecular formula is C55H85NO16. The number of hydrogen-bond acceptors (Lipinski definition) is 16. The summed E-state index contributed by atoms with van der Waals surface area (Å²) in [6.07, 6.45) is 8.11. The summed E-state index contributed by atoms with van der Waals surface area (Å²) in [5.74, 6) is -9.65. The molecule has 3 fully saturated rings. The van der Waals surface area contributed by atoms with Crippen molar-refractivity contribution < 1.29 is 78.0 Å². The Morgan fingerprint density at radius 3 is 2.22 bits per heavy atom. The number of Topliss-reactive ketones (excluding diaryl/α,β-unsaturated/α-hetero) is 3. The van der Waals surface area contributed by atoms with Gasteiger partial charge in [0.2, 0.25) is 5.79 Å². The maximum atomic E-state index is 14.5. The second-order valence-corrected chi connectivity index (χ2v) is 21.6. The molecule has 0 aromatic carbocycles. The lowest BCUT2D eigenvalue weighted by atomic mass is 9.78. The van der Waals surface area contributed by atoms with Crippen LogP contribution in [0, 0.1) is 40.9 Å². The Morgan fingerprint density at radius 2 is 1.57 bits per heavy atom. The molecule has 2 bridgehead atoms. The highest BCUT2D eigenvalue weighted by atomic mass is 16.6. The molecule has 72 heavy (non-hydrogen) atoms. The van der Waals surface area contributed by atoms with Gasteiger partial charge in [-0.3, -0.25) is 24.0 Å². The number of allylic oxidation sites excluding steroid dienone is 6. The summed E-state index contributed by atoms with van der Waals surface area (Å²) in [4.78, 5) is 85.1. The zero-order chi connectivity index (χ0) is 53.7. The third-order valence-corrected chi connectivity index (χ3v) is 15.6. The Kier molecular flexibility index (Phi) is 23.2. The van der Waals surface area contributed by atoms with Gasteiger partial charge in [0, 0.05) is 51.4 Å². The summed E-state index contributed by atoms with van der Waals surface area (Å²) in [5, 5.41) is 54.1. The quantitative estimate of drug-likeness (QED) is 0.115. The van der Waals surface area contributed by atoms with E-state index in [4.69, 9.17) is 23.7 Å². The fourth-order valence-corrected chi connectivity index (χ4v) is 10.4. The highest BCUT2D eigenvalue weighted by Crippen LogP contribution is 2.38. The topological polar surface area (TPSA) is 253 Å². The van der Waals surface area contributed by atoms with Gasteiger partial charge in [-0.1, -0.05) is 71.1 Å². The largest absolute Gasteiger partial charge is 0.460 e. The summed E-state index contributed by atoms with van der Waals surface area (Å²) < 4.78 is 29.4. The van der Waals surface area contributed by atoms with Crippen LogP contribution >= 0.6 is 0 Å². The Labute approximate surface area is 426 Å². The van der Waals surface area contributed by atoms with Crippen molar-refractivity contribution in [3.8, 4) is 0 Å². The molecule has 0 radical (unpaired) electrons. The van der Waals surface area contributed by atoms with Gasteiger partial charge in [-0.05, 0) is 114 Å². The molecule has 5 unspecified atom stereocenters. The molecule has 1 aliphatic carbocycles. The molecule has 2 saturated heterocycles. The van der Waals surface area contributed by atoms with Crippen LogP contribution in [0.4, 0.5) is 0 Å². The minimum Gasteiger partial charge on any atom is -0.460 e. The van der Waals surface area contributed by atoms with Crippen molar-refractivity contribution >= 4 is 35.2 Å². The normalized spacial score (nSPS) is 37.8. The summed E-state index contributed by atoms with van der Waals surface area (Å²) in [6, 6.07) is -1.22. The van der Waals surface area contributed by atoms with Crippen LogP contribution in [0.1, 0.15) is 132 Å². The zero-order valence-electron chi connectivity index (χ0n) is 44.3. The third kappa shape index (κ3) is 15.6. The van der Waals surface area contributed by atoms with E-state index in [1.165, 1.54) is 21.1 Å². The van der Waals surface area contributed by atoms with Crippen LogP contribution < -0.4 is 0 Å². The van der Waals surface area contributed by atoms with Crippen LogP contribution in [0.2, 0.25) is 0 Å². The van der Waals surface area contributed by atoms with Crippen molar-refractivity contribution in [3.63, 3.8) is 0 Å². The van der Waals surface area contributed by atoms with Crippen molar-refractivity contribution in [2.75, 3.05) is 34.0 Å². The van der Waals surface area contributed by atoms with Crippen LogP contribution in [0.5, 0.6) is 0 Å². The molecule has 0 aromatic rings. The second-order valence-electron chi connectivity index (χ2n) is 21.6. The molecule has 0 aromatic heterocycles. The first kappa shape index (κ1) is 60.6. The predicted molar refractivity (Wildman–Crippen MR) is 266 cm³/mol. The van der Waals surface area contributed by atoms with Crippen LogP contribution in [0.25, 0.3) is 0 Å². The molecule has 3 aliphatic heterocycles. The Bertz CT molecular complexity index is 1990. The first-order valence-corrected chi connectivity index (χ1v) is 26.0. The van der Waals surface area contributed by atoms with Crippen LogP contribution in [0.15, 0.2) is 47.6 Å². The van der Waals surface area contributed by atoms with Crippen LogP contribution in [0.3, 0.4) is 0 Å².